The summed E-state index contributed by atoms with van der Waals surface area (Å²) in [5.74, 6) is 0.739. The number of para-hydroxylation sites is 1. The van der Waals surface area contributed by atoms with Crippen LogP contribution in [0, 0.1) is 0 Å². The van der Waals surface area contributed by atoms with E-state index in [4.69, 9.17) is 4.74 Å². The Morgan fingerprint density at radius 3 is 2.71 bits per heavy atom. The molecule has 5 nitrogen and oxygen atoms in total. The summed E-state index contributed by atoms with van der Waals surface area (Å²) in [5, 5.41) is 5.05. The van der Waals surface area contributed by atoms with E-state index in [1.165, 1.54) is 0 Å². The number of imidazole rings is 1. The number of nitrogens with one attached hydrogen (secondary N) is 1. The first-order valence-corrected chi connectivity index (χ1v) is 9.97. The van der Waals surface area contributed by atoms with Gasteiger partial charge in [0.1, 0.15) is 5.75 Å². The van der Waals surface area contributed by atoms with E-state index >= 15 is 0 Å². The maximum atomic E-state index is 12.6. The van der Waals surface area contributed by atoms with E-state index in [0.29, 0.717) is 6.42 Å². The lowest BCUT2D eigenvalue weighted by Gasteiger charge is -2.17. The van der Waals surface area contributed by atoms with Gasteiger partial charge in [0.15, 0.2) is 4.96 Å². The number of methoxy groups -OCH3 is 1. The molecular weight excluding hydrogens is 370 g/mol. The van der Waals surface area contributed by atoms with Crippen molar-refractivity contribution in [3.8, 4) is 17.0 Å². The fourth-order valence-electron chi connectivity index (χ4n) is 3.26. The van der Waals surface area contributed by atoms with Crippen LogP contribution < -0.4 is 10.1 Å². The van der Waals surface area contributed by atoms with E-state index in [1.807, 2.05) is 77.5 Å². The Morgan fingerprint density at radius 2 is 1.93 bits per heavy atom. The molecule has 0 radical (unpaired) electrons. The number of rotatable bonds is 6. The van der Waals surface area contributed by atoms with Crippen molar-refractivity contribution in [1.29, 1.82) is 0 Å². The Balaban J connectivity index is 1.50. The van der Waals surface area contributed by atoms with Crippen molar-refractivity contribution in [1.82, 2.24) is 14.7 Å². The van der Waals surface area contributed by atoms with Crippen LogP contribution >= 0.6 is 11.3 Å². The Hall–Kier alpha value is -3.12. The lowest BCUT2D eigenvalue weighted by molar-refractivity contribution is -0.121. The average molecular weight is 391 g/mol. The number of hydrogen-bond acceptors (Lipinski definition) is 4. The Labute approximate surface area is 167 Å². The number of aromatic nitrogens is 2. The molecule has 0 saturated carbocycles. The third kappa shape index (κ3) is 3.64. The van der Waals surface area contributed by atoms with Crippen LogP contribution in [0.3, 0.4) is 0 Å². The predicted octanol–water partition coefficient (Wildman–Crippen LogP) is 4.49. The molecule has 4 aromatic rings. The zero-order valence-electron chi connectivity index (χ0n) is 15.8. The average Bonchev–Trinajstić information content (AvgIpc) is 3.30. The second-order valence-electron chi connectivity index (χ2n) is 6.58. The summed E-state index contributed by atoms with van der Waals surface area (Å²) in [6.45, 7) is 1.96. The molecule has 1 amide bonds. The van der Waals surface area contributed by atoms with Crippen LogP contribution in [-0.4, -0.2) is 22.4 Å². The standard InChI is InChI=1S/C22H21N3O2S/c1-15(18-10-6-7-11-20(18)27-2)23-21(26)12-17-14-28-22-24-19(13-25(17)22)16-8-4-3-5-9-16/h3-11,13-15H,12H2,1-2H3,(H,23,26)/t15-/m0/s1. The SMILES string of the molecule is COc1ccccc1[C@H](C)NC(=O)Cc1csc2nc(-c3ccccc3)cn12. The van der Waals surface area contributed by atoms with Crippen LogP contribution in [0.15, 0.2) is 66.2 Å². The van der Waals surface area contributed by atoms with E-state index in [1.54, 1.807) is 18.4 Å². The van der Waals surface area contributed by atoms with Crippen LogP contribution in [0.1, 0.15) is 24.2 Å². The fraction of sp³-hybridized carbons (Fsp3) is 0.182. The molecule has 1 N–H and O–H groups in total. The minimum Gasteiger partial charge on any atom is -0.496 e. The molecule has 0 aliphatic carbocycles. The van der Waals surface area contributed by atoms with Gasteiger partial charge in [0, 0.05) is 28.4 Å². The van der Waals surface area contributed by atoms with Crippen molar-refractivity contribution >= 4 is 22.2 Å². The monoisotopic (exact) mass is 391 g/mol. The van der Waals surface area contributed by atoms with Crippen LogP contribution in [-0.2, 0) is 11.2 Å². The first-order valence-electron chi connectivity index (χ1n) is 9.09. The Morgan fingerprint density at radius 1 is 1.18 bits per heavy atom. The highest BCUT2D eigenvalue weighted by Crippen LogP contribution is 2.26. The molecule has 0 aliphatic heterocycles. The number of thiazole rings is 1. The normalized spacial score (nSPS) is 12.1. The zero-order valence-corrected chi connectivity index (χ0v) is 16.6. The third-order valence-corrected chi connectivity index (χ3v) is 5.57. The minimum absolute atomic E-state index is 0.0342. The summed E-state index contributed by atoms with van der Waals surface area (Å²) in [6, 6.07) is 17.6. The van der Waals surface area contributed by atoms with E-state index in [9.17, 15) is 4.79 Å². The van der Waals surface area contributed by atoms with Gasteiger partial charge in [0.25, 0.3) is 0 Å². The van der Waals surface area contributed by atoms with Gasteiger partial charge < -0.3 is 10.1 Å². The third-order valence-electron chi connectivity index (χ3n) is 4.68. The maximum Gasteiger partial charge on any atom is 0.226 e. The summed E-state index contributed by atoms with van der Waals surface area (Å²) in [7, 11) is 1.64. The molecule has 0 spiro atoms. The molecule has 2 aromatic heterocycles. The van der Waals surface area contributed by atoms with Gasteiger partial charge in [-0.1, -0.05) is 48.5 Å². The van der Waals surface area contributed by atoms with Crippen molar-refractivity contribution in [3.63, 3.8) is 0 Å². The van der Waals surface area contributed by atoms with Gasteiger partial charge in [-0.2, -0.15) is 0 Å². The molecule has 0 unspecified atom stereocenters. The van der Waals surface area contributed by atoms with Gasteiger partial charge in [-0.3, -0.25) is 9.20 Å². The molecule has 28 heavy (non-hydrogen) atoms. The number of benzene rings is 2. The summed E-state index contributed by atoms with van der Waals surface area (Å²) < 4.78 is 7.39. The number of fused-ring (bicyclic) bond motifs is 1. The Kier molecular flexibility index (Phi) is 5.12. The first kappa shape index (κ1) is 18.3. The first-order chi connectivity index (χ1) is 13.7. The molecule has 0 fully saturated rings. The molecule has 2 aromatic carbocycles. The van der Waals surface area contributed by atoms with E-state index in [2.05, 4.69) is 10.3 Å². The molecule has 1 atom stereocenters. The summed E-state index contributed by atoms with van der Waals surface area (Å²) in [5.41, 5.74) is 3.87. The lowest BCUT2D eigenvalue weighted by Crippen LogP contribution is -2.28. The van der Waals surface area contributed by atoms with Crippen molar-refractivity contribution < 1.29 is 9.53 Å². The molecule has 0 saturated heterocycles. The molecular formula is C22H21N3O2S. The number of ether oxygens (including phenoxy) is 1. The van der Waals surface area contributed by atoms with Crippen LogP contribution in [0.5, 0.6) is 5.75 Å². The second-order valence-corrected chi connectivity index (χ2v) is 7.42. The lowest BCUT2D eigenvalue weighted by atomic mass is 10.1. The van der Waals surface area contributed by atoms with Crippen molar-refractivity contribution in [2.24, 2.45) is 0 Å². The van der Waals surface area contributed by atoms with E-state index in [0.717, 1.165) is 33.2 Å². The number of amides is 1. The van der Waals surface area contributed by atoms with Crippen molar-refractivity contribution in [3.05, 3.63) is 77.4 Å². The topological polar surface area (TPSA) is 55.6 Å². The van der Waals surface area contributed by atoms with E-state index < -0.39 is 0 Å². The quantitative estimate of drug-likeness (QED) is 0.527. The number of carbonyl (C=O) groups is 1. The maximum absolute atomic E-state index is 12.6. The summed E-state index contributed by atoms with van der Waals surface area (Å²) >= 11 is 1.54. The van der Waals surface area contributed by atoms with Crippen LogP contribution in [0.4, 0.5) is 0 Å². The second kappa shape index (κ2) is 7.86. The molecule has 4 rings (SSSR count). The molecule has 142 valence electrons. The summed E-state index contributed by atoms with van der Waals surface area (Å²) in [6.07, 6.45) is 2.29. The van der Waals surface area contributed by atoms with E-state index in [-0.39, 0.29) is 11.9 Å². The number of hydrogen-bond donors (Lipinski definition) is 1. The fourth-order valence-corrected chi connectivity index (χ4v) is 4.14. The van der Waals surface area contributed by atoms with Crippen LogP contribution in [0.2, 0.25) is 0 Å². The molecule has 0 bridgehead atoms. The van der Waals surface area contributed by atoms with Gasteiger partial charge in [0.2, 0.25) is 5.91 Å². The zero-order chi connectivity index (χ0) is 19.5. The molecule has 0 aliphatic rings. The highest BCUT2D eigenvalue weighted by molar-refractivity contribution is 7.15. The Bertz CT molecular complexity index is 1100. The van der Waals surface area contributed by atoms with Crippen molar-refractivity contribution in [2.45, 2.75) is 19.4 Å². The molecule has 6 heteroatoms. The van der Waals surface area contributed by atoms with Gasteiger partial charge in [-0.05, 0) is 13.0 Å². The van der Waals surface area contributed by atoms with Gasteiger partial charge in [0.05, 0.1) is 25.3 Å². The highest BCUT2D eigenvalue weighted by Gasteiger charge is 2.16. The van der Waals surface area contributed by atoms with Gasteiger partial charge in [-0.25, -0.2) is 4.98 Å². The summed E-state index contributed by atoms with van der Waals surface area (Å²) in [4.78, 5) is 18.2. The number of carbonyl (C=O) groups excluding carboxylic acids is 1. The van der Waals surface area contributed by atoms with Crippen LogP contribution in [0.25, 0.3) is 16.2 Å². The van der Waals surface area contributed by atoms with Crippen molar-refractivity contribution in [2.75, 3.05) is 7.11 Å². The van der Waals surface area contributed by atoms with Gasteiger partial charge >= 0.3 is 0 Å². The number of nitrogens with zero attached hydrogens (tertiary/aromatic N) is 2. The minimum atomic E-state index is -0.138. The highest BCUT2D eigenvalue weighted by atomic mass is 32.1. The predicted molar refractivity (Wildman–Crippen MR) is 112 cm³/mol. The largest absolute Gasteiger partial charge is 0.496 e. The molecule has 2 heterocycles. The van der Waals surface area contributed by atoms with Gasteiger partial charge in [-0.15, -0.1) is 11.3 Å². The smallest absolute Gasteiger partial charge is 0.226 e.